The summed E-state index contributed by atoms with van der Waals surface area (Å²) in [4.78, 5) is 0. The zero-order valence-corrected chi connectivity index (χ0v) is 5.07. The fraction of sp³-hybridized carbons (Fsp3) is 1.00. The van der Waals surface area contributed by atoms with E-state index >= 15 is 0 Å². The van der Waals surface area contributed by atoms with E-state index in [4.69, 9.17) is 4.74 Å². The summed E-state index contributed by atoms with van der Waals surface area (Å²) < 4.78 is 5.03. The number of hydrogen-bond acceptors (Lipinski definition) is 1. The van der Waals surface area contributed by atoms with Gasteiger partial charge in [-0.1, -0.05) is 15.9 Å². The fourth-order valence-electron chi connectivity index (χ4n) is 0.406. The molecule has 1 fully saturated rings. The summed E-state index contributed by atoms with van der Waals surface area (Å²) in [6.45, 7) is 0.969. The second-order valence-electron chi connectivity index (χ2n) is 1.44. The minimum atomic E-state index is 0. The molecule has 0 N–H and O–H groups in total. The molecule has 1 aliphatic rings. The summed E-state index contributed by atoms with van der Waals surface area (Å²) in [5.74, 6) is 0. The molecule has 0 radical (unpaired) electrons. The molecule has 1 heterocycles. The average Bonchev–Trinajstić information content (AvgIpc) is 1.31. The standard InChI is InChI=1S/C4H7BrO.Na.H/c5-3-4-1-2-6-4;;/h4H,1-3H2;;. The summed E-state index contributed by atoms with van der Waals surface area (Å²) in [6, 6.07) is 0. The van der Waals surface area contributed by atoms with Gasteiger partial charge in [-0.2, -0.15) is 0 Å². The van der Waals surface area contributed by atoms with E-state index in [1.165, 1.54) is 6.42 Å². The van der Waals surface area contributed by atoms with Gasteiger partial charge in [0.05, 0.1) is 6.10 Å². The van der Waals surface area contributed by atoms with Gasteiger partial charge in [-0.3, -0.25) is 0 Å². The van der Waals surface area contributed by atoms with Crippen LogP contribution in [-0.2, 0) is 4.74 Å². The van der Waals surface area contributed by atoms with E-state index in [1.54, 1.807) is 0 Å². The van der Waals surface area contributed by atoms with Crippen molar-refractivity contribution in [1.82, 2.24) is 0 Å². The molecule has 0 aromatic heterocycles. The van der Waals surface area contributed by atoms with Crippen LogP contribution in [0.2, 0.25) is 0 Å². The molecule has 0 aromatic rings. The Morgan fingerprint density at radius 3 is 2.29 bits per heavy atom. The van der Waals surface area contributed by atoms with Crippen LogP contribution in [0, 0.1) is 0 Å². The summed E-state index contributed by atoms with van der Waals surface area (Å²) in [6.07, 6.45) is 1.77. The number of rotatable bonds is 1. The van der Waals surface area contributed by atoms with Crippen LogP contribution in [-0.4, -0.2) is 47.6 Å². The number of alkyl halides is 1. The van der Waals surface area contributed by atoms with Gasteiger partial charge in [-0.15, -0.1) is 0 Å². The van der Waals surface area contributed by atoms with E-state index in [-0.39, 0.29) is 29.6 Å². The quantitative estimate of drug-likeness (QED) is 0.417. The Balaban J connectivity index is 0.000000360. The molecule has 0 spiro atoms. The first-order valence-corrected chi connectivity index (χ1v) is 3.23. The number of ether oxygens (including phenoxy) is 1. The Kier molecular flexibility index (Phi) is 5.22. The van der Waals surface area contributed by atoms with Crippen LogP contribution in [0.5, 0.6) is 0 Å². The van der Waals surface area contributed by atoms with Gasteiger partial charge in [0.15, 0.2) is 0 Å². The molecule has 3 heteroatoms. The van der Waals surface area contributed by atoms with E-state index in [2.05, 4.69) is 15.9 Å². The zero-order valence-electron chi connectivity index (χ0n) is 3.48. The van der Waals surface area contributed by atoms with Crippen molar-refractivity contribution < 1.29 is 4.74 Å². The maximum atomic E-state index is 5.03. The van der Waals surface area contributed by atoms with Crippen molar-refractivity contribution in [3.63, 3.8) is 0 Å². The molecular formula is C4H8BrNaO. The Bertz CT molecular complexity index is 44.2. The van der Waals surface area contributed by atoms with Gasteiger partial charge in [0, 0.05) is 11.9 Å². The van der Waals surface area contributed by atoms with Gasteiger partial charge in [0.2, 0.25) is 0 Å². The maximum absolute atomic E-state index is 5.03. The second kappa shape index (κ2) is 4.33. The van der Waals surface area contributed by atoms with Crippen molar-refractivity contribution in [1.29, 1.82) is 0 Å². The first kappa shape index (κ1) is 8.44. The predicted molar refractivity (Wildman–Crippen MR) is 35.3 cm³/mol. The number of hydrogen-bond donors (Lipinski definition) is 0. The van der Waals surface area contributed by atoms with E-state index in [1.807, 2.05) is 0 Å². The monoisotopic (exact) mass is 174 g/mol. The third-order valence-electron chi connectivity index (χ3n) is 0.965. The van der Waals surface area contributed by atoms with Crippen molar-refractivity contribution in [2.24, 2.45) is 0 Å². The van der Waals surface area contributed by atoms with Crippen molar-refractivity contribution in [2.75, 3.05) is 11.9 Å². The third kappa shape index (κ3) is 2.47. The molecule has 7 heavy (non-hydrogen) atoms. The van der Waals surface area contributed by atoms with E-state index in [0.717, 1.165) is 11.9 Å². The molecule has 0 saturated carbocycles. The SMILES string of the molecule is BrCC1CCO1.[NaH]. The van der Waals surface area contributed by atoms with Crippen LogP contribution in [0.4, 0.5) is 0 Å². The Morgan fingerprint density at radius 1 is 1.71 bits per heavy atom. The van der Waals surface area contributed by atoms with Crippen LogP contribution in [0.25, 0.3) is 0 Å². The summed E-state index contributed by atoms with van der Waals surface area (Å²) in [5, 5.41) is 1.01. The Hall–Kier alpha value is 1.44. The van der Waals surface area contributed by atoms with Crippen LogP contribution >= 0.6 is 15.9 Å². The molecule has 0 bridgehead atoms. The van der Waals surface area contributed by atoms with Gasteiger partial charge < -0.3 is 4.74 Å². The summed E-state index contributed by atoms with van der Waals surface area (Å²) >= 11 is 3.30. The van der Waals surface area contributed by atoms with Crippen LogP contribution < -0.4 is 0 Å². The molecule has 1 rings (SSSR count). The molecule has 38 valence electrons. The molecule has 0 aromatic carbocycles. The first-order valence-electron chi connectivity index (χ1n) is 2.11. The van der Waals surface area contributed by atoms with Crippen LogP contribution in [0.15, 0.2) is 0 Å². The first-order chi connectivity index (χ1) is 2.93. The fourth-order valence-corrected chi connectivity index (χ4v) is 0.917. The topological polar surface area (TPSA) is 9.23 Å². The molecule has 0 aliphatic carbocycles. The van der Waals surface area contributed by atoms with Crippen molar-refractivity contribution in [3.05, 3.63) is 0 Å². The normalized spacial score (nSPS) is 27.9. The average molecular weight is 175 g/mol. The van der Waals surface area contributed by atoms with Gasteiger partial charge in [-0.05, 0) is 6.42 Å². The van der Waals surface area contributed by atoms with E-state index in [9.17, 15) is 0 Å². The van der Waals surface area contributed by atoms with E-state index in [0.29, 0.717) is 6.10 Å². The molecule has 1 atom stereocenters. The second-order valence-corrected chi connectivity index (χ2v) is 2.08. The van der Waals surface area contributed by atoms with Crippen LogP contribution in [0.3, 0.4) is 0 Å². The summed E-state index contributed by atoms with van der Waals surface area (Å²) in [5.41, 5.74) is 0. The van der Waals surface area contributed by atoms with Crippen LogP contribution in [0.1, 0.15) is 6.42 Å². The zero-order chi connectivity index (χ0) is 4.41. The van der Waals surface area contributed by atoms with Gasteiger partial charge in [0.25, 0.3) is 0 Å². The Labute approximate surface area is 74.2 Å². The van der Waals surface area contributed by atoms with Gasteiger partial charge in [0.1, 0.15) is 0 Å². The van der Waals surface area contributed by atoms with Gasteiger partial charge in [-0.25, -0.2) is 0 Å². The predicted octanol–water partition coefficient (Wildman–Crippen LogP) is 0.522. The van der Waals surface area contributed by atoms with Gasteiger partial charge >= 0.3 is 29.6 Å². The number of halogens is 1. The molecule has 1 saturated heterocycles. The molecule has 1 unspecified atom stereocenters. The molecule has 1 nitrogen and oxygen atoms in total. The van der Waals surface area contributed by atoms with Crippen molar-refractivity contribution in [2.45, 2.75) is 12.5 Å². The van der Waals surface area contributed by atoms with Crippen molar-refractivity contribution >= 4 is 45.5 Å². The third-order valence-corrected chi connectivity index (χ3v) is 1.69. The molecule has 1 aliphatic heterocycles. The minimum absolute atomic E-state index is 0. The van der Waals surface area contributed by atoms with Crippen molar-refractivity contribution in [3.8, 4) is 0 Å². The molecular weight excluding hydrogens is 167 g/mol. The molecule has 0 amide bonds. The summed E-state index contributed by atoms with van der Waals surface area (Å²) in [7, 11) is 0. The Morgan fingerprint density at radius 2 is 2.29 bits per heavy atom. The van der Waals surface area contributed by atoms with E-state index < -0.39 is 0 Å².